The fourth-order valence-corrected chi connectivity index (χ4v) is 1.85. The van der Waals surface area contributed by atoms with Gasteiger partial charge in [-0.25, -0.2) is 9.50 Å². The SMILES string of the molecule is CCOCc1nc2c(C#N)c[nH]n2c(=O)c1CC. The minimum absolute atomic E-state index is 0.168. The summed E-state index contributed by atoms with van der Waals surface area (Å²) in [6, 6.07) is 2.00. The first kappa shape index (κ1) is 12.3. The van der Waals surface area contributed by atoms with Crippen LogP contribution in [0.15, 0.2) is 11.0 Å². The van der Waals surface area contributed by atoms with Crippen molar-refractivity contribution in [3.63, 3.8) is 0 Å². The van der Waals surface area contributed by atoms with E-state index in [-0.39, 0.29) is 5.56 Å². The number of H-pyrrole nitrogens is 1. The smallest absolute Gasteiger partial charge is 0.276 e. The zero-order valence-electron chi connectivity index (χ0n) is 10.4. The van der Waals surface area contributed by atoms with Gasteiger partial charge in [0, 0.05) is 18.4 Å². The van der Waals surface area contributed by atoms with Crippen LogP contribution in [0.1, 0.15) is 30.7 Å². The second-order valence-corrected chi connectivity index (χ2v) is 3.79. The van der Waals surface area contributed by atoms with Crippen molar-refractivity contribution in [1.82, 2.24) is 14.6 Å². The Labute approximate surface area is 104 Å². The topological polar surface area (TPSA) is 83.2 Å². The van der Waals surface area contributed by atoms with Gasteiger partial charge >= 0.3 is 0 Å². The number of aromatic amines is 1. The molecule has 0 radical (unpaired) electrons. The fourth-order valence-electron chi connectivity index (χ4n) is 1.85. The Bertz CT molecular complexity index is 663. The highest BCUT2D eigenvalue weighted by molar-refractivity contribution is 5.54. The van der Waals surface area contributed by atoms with E-state index in [1.807, 2.05) is 19.9 Å². The minimum Gasteiger partial charge on any atom is -0.375 e. The van der Waals surface area contributed by atoms with Crippen LogP contribution in [0.5, 0.6) is 0 Å². The van der Waals surface area contributed by atoms with Crippen LogP contribution in [0.25, 0.3) is 5.65 Å². The lowest BCUT2D eigenvalue weighted by atomic mass is 10.2. The monoisotopic (exact) mass is 246 g/mol. The molecule has 0 bridgehead atoms. The number of nitriles is 1. The first-order chi connectivity index (χ1) is 8.72. The predicted octanol–water partition coefficient (Wildman–Crippen LogP) is 0.993. The third-order valence-corrected chi connectivity index (χ3v) is 2.76. The Hall–Kier alpha value is -2.13. The molecule has 6 nitrogen and oxygen atoms in total. The molecule has 0 unspecified atom stereocenters. The lowest BCUT2D eigenvalue weighted by Gasteiger charge is -2.07. The third-order valence-electron chi connectivity index (χ3n) is 2.76. The molecule has 0 saturated carbocycles. The normalized spacial score (nSPS) is 10.7. The number of ether oxygens (including phenoxy) is 1. The average molecular weight is 246 g/mol. The van der Waals surface area contributed by atoms with E-state index in [1.54, 1.807) is 0 Å². The second kappa shape index (κ2) is 5.02. The van der Waals surface area contributed by atoms with Gasteiger partial charge in [0.25, 0.3) is 5.56 Å². The van der Waals surface area contributed by atoms with Crippen LogP contribution in [0.3, 0.4) is 0 Å². The lowest BCUT2D eigenvalue weighted by molar-refractivity contribution is 0.130. The third kappa shape index (κ3) is 1.89. The van der Waals surface area contributed by atoms with Crippen molar-refractivity contribution in [3.05, 3.63) is 33.4 Å². The molecule has 94 valence electrons. The Morgan fingerprint density at radius 3 is 2.94 bits per heavy atom. The first-order valence-electron chi connectivity index (χ1n) is 5.82. The number of nitrogens with one attached hydrogen (secondary N) is 1. The molecule has 2 aromatic rings. The molecule has 0 aliphatic carbocycles. The Balaban J connectivity index is 2.68. The highest BCUT2D eigenvalue weighted by atomic mass is 16.5. The Kier molecular flexibility index (Phi) is 3.44. The summed E-state index contributed by atoms with van der Waals surface area (Å²) < 4.78 is 6.61. The molecule has 0 aliphatic rings. The predicted molar refractivity (Wildman–Crippen MR) is 65.2 cm³/mol. The maximum absolute atomic E-state index is 12.2. The zero-order chi connectivity index (χ0) is 13.1. The van der Waals surface area contributed by atoms with Crippen molar-refractivity contribution in [2.24, 2.45) is 0 Å². The Morgan fingerprint density at radius 1 is 1.56 bits per heavy atom. The van der Waals surface area contributed by atoms with Gasteiger partial charge < -0.3 is 4.74 Å². The van der Waals surface area contributed by atoms with E-state index in [0.29, 0.717) is 42.1 Å². The summed E-state index contributed by atoms with van der Waals surface area (Å²) in [7, 11) is 0. The van der Waals surface area contributed by atoms with Crippen molar-refractivity contribution < 1.29 is 4.74 Å². The summed E-state index contributed by atoms with van der Waals surface area (Å²) in [5, 5.41) is 11.7. The second-order valence-electron chi connectivity index (χ2n) is 3.79. The van der Waals surface area contributed by atoms with Crippen LogP contribution < -0.4 is 5.56 Å². The van der Waals surface area contributed by atoms with Gasteiger partial charge in [0.1, 0.15) is 11.6 Å². The van der Waals surface area contributed by atoms with Crippen LogP contribution >= 0.6 is 0 Å². The molecule has 0 fully saturated rings. The number of fused-ring (bicyclic) bond motifs is 1. The number of hydrogen-bond donors (Lipinski definition) is 1. The first-order valence-corrected chi connectivity index (χ1v) is 5.82. The fraction of sp³-hybridized carbons (Fsp3) is 0.417. The molecular formula is C12H14N4O2. The highest BCUT2D eigenvalue weighted by Crippen LogP contribution is 2.10. The molecule has 2 aromatic heterocycles. The zero-order valence-corrected chi connectivity index (χ0v) is 10.4. The molecule has 2 rings (SSSR count). The van der Waals surface area contributed by atoms with Gasteiger partial charge in [-0.1, -0.05) is 6.92 Å². The van der Waals surface area contributed by atoms with Gasteiger partial charge in [0.2, 0.25) is 0 Å². The van der Waals surface area contributed by atoms with E-state index < -0.39 is 0 Å². The molecule has 0 amide bonds. The van der Waals surface area contributed by atoms with Crippen molar-refractivity contribution in [2.75, 3.05) is 6.61 Å². The van der Waals surface area contributed by atoms with Crippen molar-refractivity contribution in [1.29, 1.82) is 5.26 Å². The number of hydrogen-bond acceptors (Lipinski definition) is 4. The van der Waals surface area contributed by atoms with Crippen LogP contribution in [0.2, 0.25) is 0 Å². The van der Waals surface area contributed by atoms with E-state index in [9.17, 15) is 4.79 Å². The van der Waals surface area contributed by atoms with Crippen LogP contribution in [-0.2, 0) is 17.8 Å². The van der Waals surface area contributed by atoms with Crippen molar-refractivity contribution in [3.8, 4) is 6.07 Å². The van der Waals surface area contributed by atoms with Crippen molar-refractivity contribution in [2.45, 2.75) is 26.9 Å². The van der Waals surface area contributed by atoms with Crippen molar-refractivity contribution >= 4 is 5.65 Å². The molecule has 0 saturated heterocycles. The number of aromatic nitrogens is 3. The van der Waals surface area contributed by atoms with Crippen LogP contribution in [-0.4, -0.2) is 21.2 Å². The van der Waals surface area contributed by atoms with E-state index >= 15 is 0 Å². The standard InChI is InChI=1S/C12H14N4O2/c1-3-9-10(7-18-4-2)15-11-8(5-13)6-14-16(11)12(9)17/h6,14H,3-4,7H2,1-2H3. The van der Waals surface area contributed by atoms with Gasteiger partial charge in [-0.05, 0) is 13.3 Å². The molecule has 0 spiro atoms. The molecule has 18 heavy (non-hydrogen) atoms. The van der Waals surface area contributed by atoms with Gasteiger partial charge in [-0.15, -0.1) is 0 Å². The van der Waals surface area contributed by atoms with E-state index in [0.717, 1.165) is 0 Å². The number of rotatable bonds is 4. The summed E-state index contributed by atoms with van der Waals surface area (Å²) in [6.45, 7) is 4.63. The molecule has 0 atom stereocenters. The Morgan fingerprint density at radius 2 is 2.33 bits per heavy atom. The van der Waals surface area contributed by atoms with E-state index in [2.05, 4.69) is 10.1 Å². The largest absolute Gasteiger partial charge is 0.375 e. The quantitative estimate of drug-likeness (QED) is 0.872. The van der Waals surface area contributed by atoms with Gasteiger partial charge in [-0.3, -0.25) is 9.89 Å². The molecule has 6 heteroatoms. The maximum atomic E-state index is 12.2. The maximum Gasteiger partial charge on any atom is 0.276 e. The van der Waals surface area contributed by atoms with Gasteiger partial charge in [0.15, 0.2) is 5.65 Å². The van der Waals surface area contributed by atoms with Crippen LogP contribution in [0, 0.1) is 11.3 Å². The van der Waals surface area contributed by atoms with E-state index in [4.69, 9.17) is 10.00 Å². The molecule has 0 aliphatic heterocycles. The van der Waals surface area contributed by atoms with Crippen LogP contribution in [0.4, 0.5) is 0 Å². The minimum atomic E-state index is -0.168. The summed E-state index contributed by atoms with van der Waals surface area (Å²) in [6.07, 6.45) is 2.06. The summed E-state index contributed by atoms with van der Waals surface area (Å²) in [5.74, 6) is 0. The van der Waals surface area contributed by atoms with E-state index in [1.165, 1.54) is 10.7 Å². The molecular weight excluding hydrogens is 232 g/mol. The average Bonchev–Trinajstić information content (AvgIpc) is 2.79. The summed E-state index contributed by atoms with van der Waals surface area (Å²) in [4.78, 5) is 16.6. The molecule has 0 aromatic carbocycles. The molecule has 2 heterocycles. The van der Waals surface area contributed by atoms with Gasteiger partial charge in [0.05, 0.1) is 12.3 Å². The summed E-state index contributed by atoms with van der Waals surface area (Å²) in [5.41, 5.74) is 1.77. The highest BCUT2D eigenvalue weighted by Gasteiger charge is 2.14. The summed E-state index contributed by atoms with van der Waals surface area (Å²) >= 11 is 0. The molecule has 1 N–H and O–H groups in total. The lowest BCUT2D eigenvalue weighted by Crippen LogP contribution is -2.23. The number of nitrogens with zero attached hydrogens (tertiary/aromatic N) is 3. The van der Waals surface area contributed by atoms with Gasteiger partial charge in [-0.2, -0.15) is 5.26 Å².